The molecule has 0 saturated carbocycles. The van der Waals surface area contributed by atoms with E-state index in [-0.39, 0.29) is 19.0 Å². The van der Waals surface area contributed by atoms with Crippen LogP contribution in [0.3, 0.4) is 0 Å². The van der Waals surface area contributed by atoms with Crippen LogP contribution < -0.4 is 10.2 Å². The van der Waals surface area contributed by atoms with E-state index >= 15 is 4.39 Å². The number of benzene rings is 3. The molecule has 0 aromatic heterocycles. The van der Waals surface area contributed by atoms with Gasteiger partial charge >= 0.3 is 12.3 Å². The summed E-state index contributed by atoms with van der Waals surface area (Å²) < 4.78 is 59.3. The van der Waals surface area contributed by atoms with Crippen molar-refractivity contribution >= 4 is 23.9 Å². The number of hydrogen-bond donors (Lipinski definition) is 1. The molecule has 2 fully saturated rings. The molecule has 2 amide bonds. The number of carbonyl (C=O) groups excluding carboxylic acids is 2. The summed E-state index contributed by atoms with van der Waals surface area (Å²) in [6.45, 7) is 4.85. The Morgan fingerprint density at radius 3 is 2.47 bits per heavy atom. The van der Waals surface area contributed by atoms with E-state index in [9.17, 15) is 22.8 Å². The Balaban J connectivity index is 1.13. The first-order valence-corrected chi connectivity index (χ1v) is 13.8. The molecule has 2 aliphatic rings. The van der Waals surface area contributed by atoms with Crippen molar-refractivity contribution in [3.8, 4) is 11.1 Å². The van der Waals surface area contributed by atoms with Crippen molar-refractivity contribution < 1.29 is 31.9 Å². The number of alkyl halides is 3. The summed E-state index contributed by atoms with van der Waals surface area (Å²) in [5, 5.41) is 9.06. The van der Waals surface area contributed by atoms with Crippen LogP contribution in [-0.4, -0.2) is 73.5 Å². The highest BCUT2D eigenvalue weighted by molar-refractivity contribution is 5.90. The summed E-state index contributed by atoms with van der Waals surface area (Å²) in [4.78, 5) is 26.8. The number of cyclic esters (lactones) is 1. The zero-order valence-corrected chi connectivity index (χ0v) is 23.5. The Morgan fingerprint density at radius 2 is 1.79 bits per heavy atom. The fourth-order valence-electron chi connectivity index (χ4n) is 5.01. The maximum atomic E-state index is 15.1. The van der Waals surface area contributed by atoms with Crippen molar-refractivity contribution in [2.75, 3.05) is 44.2 Å². The number of ether oxygens (including phenoxy) is 1. The second-order valence-electron chi connectivity index (χ2n) is 10.5. The molecule has 226 valence electrons. The minimum absolute atomic E-state index is 0.188. The van der Waals surface area contributed by atoms with E-state index in [4.69, 9.17) is 4.74 Å². The molecule has 3 aromatic rings. The van der Waals surface area contributed by atoms with Crippen molar-refractivity contribution in [1.29, 1.82) is 0 Å². The molecule has 0 radical (unpaired) electrons. The van der Waals surface area contributed by atoms with Gasteiger partial charge in [-0.15, -0.1) is 0 Å². The number of amides is 2. The summed E-state index contributed by atoms with van der Waals surface area (Å²) in [6.07, 6.45) is -3.74. The maximum Gasteiger partial charge on any atom is 0.416 e. The lowest BCUT2D eigenvalue weighted by Gasteiger charge is -2.33. The number of nitrogens with zero attached hydrogens (tertiary/aromatic N) is 4. The van der Waals surface area contributed by atoms with Gasteiger partial charge in [-0.25, -0.2) is 9.18 Å². The highest BCUT2D eigenvalue weighted by Crippen LogP contribution is 2.31. The van der Waals surface area contributed by atoms with E-state index in [1.165, 1.54) is 30.0 Å². The SMILES string of the molecule is CC(=O)NC[C@H]1CN(c2ccc(-c3ccc(C=NN4CCN(Cc5cccc(C(F)(F)F)c5)CC4)cc3)c(F)c2)C(=O)O1. The fourth-order valence-corrected chi connectivity index (χ4v) is 5.01. The number of carbonyl (C=O) groups is 2. The number of nitrogens with one attached hydrogen (secondary N) is 1. The second kappa shape index (κ2) is 12.8. The van der Waals surface area contributed by atoms with Gasteiger partial charge in [0.25, 0.3) is 0 Å². The summed E-state index contributed by atoms with van der Waals surface area (Å²) >= 11 is 0. The van der Waals surface area contributed by atoms with Crippen molar-refractivity contribution in [3.05, 3.63) is 89.2 Å². The van der Waals surface area contributed by atoms with Gasteiger partial charge in [0.1, 0.15) is 11.9 Å². The van der Waals surface area contributed by atoms with Crippen molar-refractivity contribution in [3.63, 3.8) is 0 Å². The van der Waals surface area contributed by atoms with Crippen molar-refractivity contribution in [2.45, 2.75) is 25.7 Å². The normalized spacial score (nSPS) is 17.9. The number of hydrazone groups is 1. The van der Waals surface area contributed by atoms with Crippen LogP contribution in [0.5, 0.6) is 0 Å². The van der Waals surface area contributed by atoms with E-state index in [0.29, 0.717) is 55.1 Å². The molecule has 0 aliphatic carbocycles. The Kier molecular flexibility index (Phi) is 8.95. The second-order valence-corrected chi connectivity index (χ2v) is 10.5. The summed E-state index contributed by atoms with van der Waals surface area (Å²) in [6, 6.07) is 17.2. The lowest BCUT2D eigenvalue weighted by Crippen LogP contribution is -2.43. The molecule has 5 rings (SSSR count). The third-order valence-corrected chi connectivity index (χ3v) is 7.32. The molecule has 0 spiro atoms. The van der Waals surface area contributed by atoms with Crippen LogP contribution in [0.15, 0.2) is 71.8 Å². The van der Waals surface area contributed by atoms with Crippen LogP contribution in [0.1, 0.15) is 23.6 Å². The van der Waals surface area contributed by atoms with E-state index in [2.05, 4.69) is 15.3 Å². The fraction of sp³-hybridized carbons (Fsp3) is 0.323. The number of rotatable bonds is 8. The van der Waals surface area contributed by atoms with Crippen LogP contribution >= 0.6 is 0 Å². The van der Waals surface area contributed by atoms with Crippen LogP contribution in [0.4, 0.5) is 28.0 Å². The van der Waals surface area contributed by atoms with Gasteiger partial charge in [0.05, 0.1) is 30.6 Å². The first-order chi connectivity index (χ1) is 20.5. The lowest BCUT2D eigenvalue weighted by atomic mass is 10.0. The largest absolute Gasteiger partial charge is 0.442 e. The third kappa shape index (κ3) is 7.69. The van der Waals surface area contributed by atoms with Gasteiger partial charge in [-0.1, -0.05) is 42.5 Å². The molecule has 1 N–H and O–H groups in total. The van der Waals surface area contributed by atoms with Crippen LogP contribution in [0.2, 0.25) is 0 Å². The molecule has 3 aromatic carbocycles. The van der Waals surface area contributed by atoms with Gasteiger partial charge in [-0.05, 0) is 41.0 Å². The lowest BCUT2D eigenvalue weighted by molar-refractivity contribution is -0.137. The third-order valence-electron chi connectivity index (χ3n) is 7.32. The summed E-state index contributed by atoms with van der Waals surface area (Å²) in [5.74, 6) is -0.712. The van der Waals surface area contributed by atoms with E-state index in [1.54, 1.807) is 36.5 Å². The molecular formula is C31H31F4N5O3. The molecule has 1 atom stereocenters. The first-order valence-electron chi connectivity index (χ1n) is 13.8. The highest BCUT2D eigenvalue weighted by atomic mass is 19.4. The van der Waals surface area contributed by atoms with E-state index < -0.39 is 29.8 Å². The van der Waals surface area contributed by atoms with E-state index in [0.717, 1.165) is 11.6 Å². The number of hydrogen-bond acceptors (Lipinski definition) is 6. The Morgan fingerprint density at radius 1 is 1.05 bits per heavy atom. The average Bonchev–Trinajstić information content (AvgIpc) is 3.36. The Hall–Kier alpha value is -4.45. The topological polar surface area (TPSA) is 77.5 Å². The molecule has 0 bridgehead atoms. The van der Waals surface area contributed by atoms with Gasteiger partial charge < -0.3 is 10.1 Å². The minimum Gasteiger partial charge on any atom is -0.442 e. The minimum atomic E-state index is -4.35. The molecule has 2 aliphatic heterocycles. The first kappa shape index (κ1) is 30.0. The zero-order chi connectivity index (χ0) is 30.6. The van der Waals surface area contributed by atoms with Gasteiger partial charge in [0.2, 0.25) is 5.91 Å². The smallest absolute Gasteiger partial charge is 0.416 e. The van der Waals surface area contributed by atoms with Gasteiger partial charge in [-0.3, -0.25) is 19.6 Å². The molecule has 2 saturated heterocycles. The molecular weight excluding hydrogens is 566 g/mol. The monoisotopic (exact) mass is 597 g/mol. The molecule has 0 unspecified atom stereocenters. The number of piperazine rings is 1. The highest BCUT2D eigenvalue weighted by Gasteiger charge is 2.33. The molecule has 8 nitrogen and oxygen atoms in total. The average molecular weight is 598 g/mol. The quantitative estimate of drug-likeness (QED) is 0.288. The zero-order valence-electron chi connectivity index (χ0n) is 23.5. The molecule has 12 heteroatoms. The number of anilines is 1. The van der Waals surface area contributed by atoms with Gasteiger partial charge in [0, 0.05) is 45.2 Å². The van der Waals surface area contributed by atoms with E-state index in [1.807, 2.05) is 17.1 Å². The van der Waals surface area contributed by atoms with Crippen LogP contribution in [-0.2, 0) is 22.3 Å². The predicted molar refractivity (Wildman–Crippen MR) is 154 cm³/mol. The summed E-state index contributed by atoms with van der Waals surface area (Å²) in [7, 11) is 0. The van der Waals surface area contributed by atoms with Crippen molar-refractivity contribution in [2.24, 2.45) is 5.10 Å². The van der Waals surface area contributed by atoms with Gasteiger partial charge in [-0.2, -0.15) is 18.3 Å². The Bertz CT molecular complexity index is 1490. The molecule has 43 heavy (non-hydrogen) atoms. The molecule has 2 heterocycles. The standard InChI is InChI=1S/C31H31F4N5O3/c1-21(41)36-18-27-20-40(30(42)43-27)26-9-10-28(29(32)16-26)24-7-5-22(6-8-24)17-37-39-13-11-38(12-14-39)19-23-3-2-4-25(15-23)31(33,34)35/h2-10,15-17,27H,11-14,18-20H2,1H3,(H,36,41)/t27-/m0/s1. The van der Waals surface area contributed by atoms with Crippen LogP contribution in [0.25, 0.3) is 11.1 Å². The van der Waals surface area contributed by atoms with Gasteiger partial charge in [0.15, 0.2) is 0 Å². The van der Waals surface area contributed by atoms with Crippen molar-refractivity contribution in [1.82, 2.24) is 15.2 Å². The number of halogens is 4. The Labute approximate surface area is 246 Å². The predicted octanol–water partition coefficient (Wildman–Crippen LogP) is 5.12. The maximum absolute atomic E-state index is 15.1. The van der Waals surface area contributed by atoms with Crippen LogP contribution in [0, 0.1) is 5.82 Å². The summed E-state index contributed by atoms with van der Waals surface area (Å²) in [5.41, 5.74) is 2.24.